The molecule has 0 amide bonds. The highest BCUT2D eigenvalue weighted by Crippen LogP contribution is 2.36. The van der Waals surface area contributed by atoms with Gasteiger partial charge >= 0.3 is 0 Å². The molecule has 29 heavy (non-hydrogen) atoms. The minimum atomic E-state index is -3.57. The zero-order chi connectivity index (χ0) is 20.4. The standard InChI is InChI=1S/C20H21FN2O4S2/c1-26-19-7-6-17(29(24,25)23-8-10-28-11-9-23)12-18(19)22-13-20(27-14-22)15-2-4-16(21)5-3-15/h2-7,12-13H,8-11,14H2,1H3. The van der Waals surface area contributed by atoms with Crippen LogP contribution >= 0.6 is 11.8 Å². The van der Waals surface area contributed by atoms with E-state index in [0.717, 1.165) is 17.1 Å². The number of nitrogens with zero attached hydrogens (tertiary/aromatic N) is 2. The third-order valence-electron chi connectivity index (χ3n) is 4.83. The first-order valence-electron chi connectivity index (χ1n) is 9.12. The zero-order valence-electron chi connectivity index (χ0n) is 15.9. The molecule has 1 fully saturated rings. The topological polar surface area (TPSA) is 59.1 Å². The Kier molecular flexibility index (Phi) is 5.71. The fourth-order valence-electron chi connectivity index (χ4n) is 3.26. The summed E-state index contributed by atoms with van der Waals surface area (Å²) in [5.41, 5.74) is 1.33. The summed E-state index contributed by atoms with van der Waals surface area (Å²) < 4.78 is 52.0. The van der Waals surface area contributed by atoms with Crippen LogP contribution in [0.5, 0.6) is 5.75 Å². The number of hydrogen-bond donors (Lipinski definition) is 0. The van der Waals surface area contributed by atoms with Crippen LogP contribution in [0.4, 0.5) is 10.1 Å². The molecule has 0 bridgehead atoms. The van der Waals surface area contributed by atoms with Gasteiger partial charge in [0.25, 0.3) is 0 Å². The van der Waals surface area contributed by atoms with Gasteiger partial charge in [-0.2, -0.15) is 16.1 Å². The molecule has 0 N–H and O–H groups in total. The van der Waals surface area contributed by atoms with E-state index in [9.17, 15) is 12.8 Å². The lowest BCUT2D eigenvalue weighted by molar-refractivity contribution is 0.306. The number of methoxy groups -OCH3 is 1. The van der Waals surface area contributed by atoms with E-state index in [-0.39, 0.29) is 17.4 Å². The molecular weight excluding hydrogens is 415 g/mol. The first kappa shape index (κ1) is 20.1. The Balaban J connectivity index is 1.66. The van der Waals surface area contributed by atoms with E-state index in [1.54, 1.807) is 53.2 Å². The van der Waals surface area contributed by atoms with Gasteiger partial charge in [0, 0.05) is 30.2 Å². The van der Waals surface area contributed by atoms with E-state index >= 15 is 0 Å². The van der Waals surface area contributed by atoms with Crippen molar-refractivity contribution < 1.29 is 22.3 Å². The average Bonchev–Trinajstić information content (AvgIpc) is 3.24. The van der Waals surface area contributed by atoms with Crippen LogP contribution in [0, 0.1) is 5.82 Å². The molecule has 9 heteroatoms. The Morgan fingerprint density at radius 3 is 2.52 bits per heavy atom. The highest BCUT2D eigenvalue weighted by atomic mass is 32.2. The Morgan fingerprint density at radius 1 is 1.10 bits per heavy atom. The van der Waals surface area contributed by atoms with Crippen LogP contribution in [0.2, 0.25) is 0 Å². The van der Waals surface area contributed by atoms with Crippen LogP contribution < -0.4 is 9.64 Å². The lowest BCUT2D eigenvalue weighted by atomic mass is 10.2. The highest BCUT2D eigenvalue weighted by molar-refractivity contribution is 7.99. The average molecular weight is 437 g/mol. The first-order valence-corrected chi connectivity index (χ1v) is 11.7. The number of ether oxygens (including phenoxy) is 2. The van der Waals surface area contributed by atoms with Crippen molar-refractivity contribution in [3.05, 3.63) is 60.0 Å². The number of sulfonamides is 1. The molecule has 0 unspecified atom stereocenters. The van der Waals surface area contributed by atoms with Crippen LogP contribution in [0.1, 0.15) is 5.56 Å². The predicted molar refractivity (Wildman–Crippen MR) is 112 cm³/mol. The Bertz CT molecular complexity index is 1020. The summed E-state index contributed by atoms with van der Waals surface area (Å²) in [5, 5.41) is 0. The van der Waals surface area contributed by atoms with Gasteiger partial charge in [-0.15, -0.1) is 0 Å². The molecule has 2 aromatic carbocycles. The Labute approximate surface area is 174 Å². The van der Waals surface area contributed by atoms with Gasteiger partial charge in [-0.25, -0.2) is 12.8 Å². The summed E-state index contributed by atoms with van der Waals surface area (Å²) in [6.45, 7) is 1.22. The summed E-state index contributed by atoms with van der Waals surface area (Å²) in [6, 6.07) is 10.9. The lowest BCUT2D eigenvalue weighted by Gasteiger charge is -2.26. The molecule has 0 radical (unpaired) electrons. The lowest BCUT2D eigenvalue weighted by Crippen LogP contribution is -2.37. The normalized spacial score (nSPS) is 17.7. The smallest absolute Gasteiger partial charge is 0.243 e. The molecule has 1 saturated heterocycles. The van der Waals surface area contributed by atoms with E-state index in [2.05, 4.69) is 0 Å². The quantitative estimate of drug-likeness (QED) is 0.716. The molecule has 0 aliphatic carbocycles. The van der Waals surface area contributed by atoms with Crippen LogP contribution in [0.3, 0.4) is 0 Å². The zero-order valence-corrected chi connectivity index (χ0v) is 17.5. The Morgan fingerprint density at radius 2 is 1.83 bits per heavy atom. The number of anilines is 1. The third-order valence-corrected chi connectivity index (χ3v) is 7.67. The molecule has 6 nitrogen and oxygen atoms in total. The van der Waals surface area contributed by atoms with E-state index in [0.29, 0.717) is 30.3 Å². The fraction of sp³-hybridized carbons (Fsp3) is 0.300. The van der Waals surface area contributed by atoms with Crippen molar-refractivity contribution in [1.29, 1.82) is 0 Å². The second-order valence-electron chi connectivity index (χ2n) is 6.59. The molecule has 2 aromatic rings. The maximum Gasteiger partial charge on any atom is 0.243 e. The van der Waals surface area contributed by atoms with Crippen LogP contribution in [-0.4, -0.2) is 51.2 Å². The highest BCUT2D eigenvalue weighted by Gasteiger charge is 2.28. The summed E-state index contributed by atoms with van der Waals surface area (Å²) in [7, 11) is -2.04. The first-order chi connectivity index (χ1) is 14.0. The van der Waals surface area contributed by atoms with E-state index in [4.69, 9.17) is 9.47 Å². The van der Waals surface area contributed by atoms with Crippen molar-refractivity contribution >= 4 is 33.2 Å². The van der Waals surface area contributed by atoms with Crippen molar-refractivity contribution in [1.82, 2.24) is 4.31 Å². The van der Waals surface area contributed by atoms with Gasteiger partial charge in [-0.1, -0.05) is 0 Å². The number of thioether (sulfide) groups is 1. The molecule has 0 saturated carbocycles. The summed E-state index contributed by atoms with van der Waals surface area (Å²) in [6.07, 6.45) is 1.76. The molecule has 2 heterocycles. The van der Waals surface area contributed by atoms with Gasteiger partial charge in [-0.3, -0.25) is 0 Å². The van der Waals surface area contributed by atoms with Crippen molar-refractivity contribution in [3.63, 3.8) is 0 Å². The monoisotopic (exact) mass is 436 g/mol. The minimum absolute atomic E-state index is 0.201. The van der Waals surface area contributed by atoms with Gasteiger partial charge < -0.3 is 14.4 Å². The molecular formula is C20H21FN2O4S2. The summed E-state index contributed by atoms with van der Waals surface area (Å²) in [4.78, 5) is 2.01. The predicted octanol–water partition coefficient (Wildman–Crippen LogP) is 3.36. The molecule has 0 atom stereocenters. The molecule has 2 aliphatic heterocycles. The van der Waals surface area contributed by atoms with Crippen molar-refractivity contribution in [2.24, 2.45) is 0 Å². The molecule has 0 spiro atoms. The number of benzene rings is 2. The van der Waals surface area contributed by atoms with Crippen molar-refractivity contribution in [3.8, 4) is 5.75 Å². The van der Waals surface area contributed by atoms with Crippen LogP contribution in [0.15, 0.2) is 53.6 Å². The van der Waals surface area contributed by atoms with Gasteiger partial charge in [-0.05, 0) is 42.5 Å². The number of halogens is 1. The molecule has 154 valence electrons. The van der Waals surface area contributed by atoms with Crippen molar-refractivity contribution in [2.75, 3.05) is 43.3 Å². The Hall–Kier alpha value is -2.23. The molecule has 4 rings (SSSR count). The summed E-state index contributed by atoms with van der Waals surface area (Å²) in [5.74, 6) is 2.39. The SMILES string of the molecule is COc1ccc(S(=O)(=O)N2CCSCC2)cc1N1C=C(c2ccc(F)cc2)OC1. The largest absolute Gasteiger partial charge is 0.495 e. The van der Waals surface area contributed by atoms with Gasteiger partial charge in [0.15, 0.2) is 6.73 Å². The van der Waals surface area contributed by atoms with Gasteiger partial charge in [0.05, 0.1) is 23.9 Å². The van der Waals surface area contributed by atoms with Crippen LogP contribution in [-0.2, 0) is 14.8 Å². The van der Waals surface area contributed by atoms with Gasteiger partial charge in [0.2, 0.25) is 10.0 Å². The van der Waals surface area contributed by atoms with Crippen LogP contribution in [0.25, 0.3) is 5.76 Å². The molecule has 2 aliphatic rings. The third kappa shape index (κ3) is 4.08. The van der Waals surface area contributed by atoms with Gasteiger partial charge in [0.1, 0.15) is 17.3 Å². The van der Waals surface area contributed by atoms with E-state index < -0.39 is 10.0 Å². The summed E-state index contributed by atoms with van der Waals surface area (Å²) >= 11 is 1.76. The molecule has 0 aromatic heterocycles. The fourth-order valence-corrected chi connectivity index (χ4v) is 5.85. The maximum absolute atomic E-state index is 13.2. The van der Waals surface area contributed by atoms with E-state index in [1.165, 1.54) is 23.5 Å². The van der Waals surface area contributed by atoms with Crippen molar-refractivity contribution in [2.45, 2.75) is 4.90 Å². The maximum atomic E-state index is 13.2. The second-order valence-corrected chi connectivity index (χ2v) is 9.76. The van der Waals surface area contributed by atoms with E-state index in [1.807, 2.05) is 0 Å². The second kappa shape index (κ2) is 8.25. The minimum Gasteiger partial charge on any atom is -0.495 e. The number of rotatable bonds is 5. The number of hydrogen-bond acceptors (Lipinski definition) is 6.